The summed E-state index contributed by atoms with van der Waals surface area (Å²) in [5, 5.41) is 14.0. The van der Waals surface area contributed by atoms with Gasteiger partial charge in [-0.25, -0.2) is 0 Å². The van der Waals surface area contributed by atoms with Gasteiger partial charge in [0.2, 0.25) is 0 Å². The smallest absolute Gasteiger partial charge is 0.376 e. The van der Waals surface area contributed by atoms with Gasteiger partial charge in [-0.05, 0) is 35.4 Å². The minimum absolute atomic E-state index is 0.0992. The van der Waals surface area contributed by atoms with Crippen LogP contribution in [0.2, 0.25) is 0 Å². The average Bonchev–Trinajstić information content (AvgIpc) is 2.35. The van der Waals surface area contributed by atoms with E-state index in [0.717, 1.165) is 12.8 Å². The topological polar surface area (TPSA) is 68.1 Å². The maximum absolute atomic E-state index is 10.8. The van der Waals surface area contributed by atoms with Gasteiger partial charge in [-0.2, -0.15) is 0 Å². The Kier molecular flexibility index (Phi) is 6.11. The van der Waals surface area contributed by atoms with E-state index in [2.05, 4.69) is 17.2 Å². The van der Waals surface area contributed by atoms with Crippen LogP contribution < -0.4 is 5.32 Å². The van der Waals surface area contributed by atoms with Crippen LogP contribution in [-0.4, -0.2) is 15.9 Å². The molecule has 0 saturated carbocycles. The van der Waals surface area contributed by atoms with E-state index in [0.29, 0.717) is 5.69 Å². The zero-order chi connectivity index (χ0) is 13.4. The lowest BCUT2D eigenvalue weighted by atomic mass is 10.1. The Labute approximate surface area is 108 Å². The highest BCUT2D eigenvalue weighted by molar-refractivity contribution is 5.56. The van der Waals surface area contributed by atoms with E-state index in [4.69, 9.17) is 0 Å². The van der Waals surface area contributed by atoms with Crippen LogP contribution in [0.25, 0.3) is 0 Å². The molecule has 100 valence electrons. The molecule has 1 unspecified atom stereocenters. The van der Waals surface area contributed by atoms with Crippen LogP contribution in [0.5, 0.6) is 0 Å². The van der Waals surface area contributed by atoms with E-state index in [1.165, 1.54) is 25.5 Å². The molecule has 1 atom stereocenters. The molecule has 0 bridgehead atoms. The van der Waals surface area contributed by atoms with Crippen molar-refractivity contribution in [2.45, 2.75) is 52.0 Å². The average molecular weight is 251 g/mol. The third-order valence-corrected chi connectivity index (χ3v) is 2.85. The molecule has 0 aliphatic rings. The van der Waals surface area contributed by atoms with Crippen LogP contribution in [0.4, 0.5) is 11.5 Å². The standard InChI is InChI=1S/C13H21N3O2/c1-3-4-5-6-8-11(2)15-12-9-7-10-14-13(12)16(17)18/h7,9-11,15H,3-6,8H2,1-2H3. The molecule has 0 saturated heterocycles. The molecule has 0 aliphatic carbocycles. The Hall–Kier alpha value is -1.65. The Morgan fingerprint density at radius 3 is 2.89 bits per heavy atom. The third-order valence-electron chi connectivity index (χ3n) is 2.85. The Morgan fingerprint density at radius 1 is 1.44 bits per heavy atom. The number of hydrogen-bond acceptors (Lipinski definition) is 4. The second kappa shape index (κ2) is 7.63. The monoisotopic (exact) mass is 251 g/mol. The van der Waals surface area contributed by atoms with Crippen LogP contribution in [0.1, 0.15) is 46.0 Å². The highest BCUT2D eigenvalue weighted by atomic mass is 16.6. The van der Waals surface area contributed by atoms with Crippen LogP contribution >= 0.6 is 0 Å². The van der Waals surface area contributed by atoms with Crippen molar-refractivity contribution >= 4 is 11.5 Å². The van der Waals surface area contributed by atoms with Crippen LogP contribution in [0.3, 0.4) is 0 Å². The maximum atomic E-state index is 10.8. The fraction of sp³-hybridized carbons (Fsp3) is 0.615. The normalized spacial score (nSPS) is 12.1. The number of anilines is 1. The largest absolute Gasteiger partial charge is 0.386 e. The maximum Gasteiger partial charge on any atom is 0.386 e. The number of hydrogen-bond donors (Lipinski definition) is 1. The van der Waals surface area contributed by atoms with Gasteiger partial charge >= 0.3 is 5.82 Å². The molecule has 5 heteroatoms. The van der Waals surface area contributed by atoms with E-state index in [1.807, 2.05) is 6.92 Å². The van der Waals surface area contributed by atoms with Crippen molar-refractivity contribution in [1.29, 1.82) is 0 Å². The molecule has 0 radical (unpaired) electrons. The lowest BCUT2D eigenvalue weighted by molar-refractivity contribution is -0.388. The van der Waals surface area contributed by atoms with E-state index in [1.54, 1.807) is 12.1 Å². The van der Waals surface area contributed by atoms with Crippen molar-refractivity contribution in [3.63, 3.8) is 0 Å². The van der Waals surface area contributed by atoms with Crippen molar-refractivity contribution in [1.82, 2.24) is 4.98 Å². The summed E-state index contributed by atoms with van der Waals surface area (Å²) in [5.74, 6) is -0.0992. The predicted octanol–water partition coefficient (Wildman–Crippen LogP) is 3.76. The number of rotatable bonds is 8. The third kappa shape index (κ3) is 4.69. The number of nitrogens with zero attached hydrogens (tertiary/aromatic N) is 2. The molecule has 1 aromatic rings. The van der Waals surface area contributed by atoms with Gasteiger partial charge in [0, 0.05) is 6.04 Å². The number of unbranched alkanes of at least 4 members (excludes halogenated alkanes) is 3. The number of nitro groups is 1. The molecule has 1 rings (SSSR count). The zero-order valence-corrected chi connectivity index (χ0v) is 11.1. The molecule has 1 N–H and O–H groups in total. The summed E-state index contributed by atoms with van der Waals surface area (Å²) in [5.41, 5.74) is 0.505. The van der Waals surface area contributed by atoms with E-state index in [-0.39, 0.29) is 11.9 Å². The van der Waals surface area contributed by atoms with Gasteiger partial charge < -0.3 is 15.4 Å². The van der Waals surface area contributed by atoms with Crippen molar-refractivity contribution in [2.24, 2.45) is 0 Å². The quantitative estimate of drug-likeness (QED) is 0.434. The first-order valence-corrected chi connectivity index (χ1v) is 6.51. The van der Waals surface area contributed by atoms with Gasteiger partial charge in [0.1, 0.15) is 11.9 Å². The first kappa shape index (κ1) is 14.4. The van der Waals surface area contributed by atoms with Crippen LogP contribution in [0, 0.1) is 10.1 Å². The minimum Gasteiger partial charge on any atom is -0.376 e. The summed E-state index contributed by atoms with van der Waals surface area (Å²) in [4.78, 5) is 14.1. The molecule has 0 amide bonds. The fourth-order valence-electron chi connectivity index (χ4n) is 1.87. The van der Waals surface area contributed by atoms with Crippen molar-refractivity contribution in [3.8, 4) is 0 Å². The minimum atomic E-state index is -0.452. The summed E-state index contributed by atoms with van der Waals surface area (Å²) < 4.78 is 0. The van der Waals surface area contributed by atoms with E-state index in [9.17, 15) is 10.1 Å². The van der Waals surface area contributed by atoms with Crippen LogP contribution in [0.15, 0.2) is 18.3 Å². The first-order valence-electron chi connectivity index (χ1n) is 6.51. The molecule has 0 fully saturated rings. The zero-order valence-electron chi connectivity index (χ0n) is 11.1. The molecule has 5 nitrogen and oxygen atoms in total. The Balaban J connectivity index is 2.48. The van der Waals surface area contributed by atoms with Gasteiger partial charge in [0.15, 0.2) is 0 Å². The summed E-state index contributed by atoms with van der Waals surface area (Å²) in [6, 6.07) is 3.64. The molecule has 1 aromatic heterocycles. The van der Waals surface area contributed by atoms with Gasteiger partial charge in [0.05, 0.1) is 0 Å². The molecule has 18 heavy (non-hydrogen) atoms. The van der Waals surface area contributed by atoms with Gasteiger partial charge in [0.25, 0.3) is 0 Å². The van der Waals surface area contributed by atoms with Crippen LogP contribution in [-0.2, 0) is 0 Å². The van der Waals surface area contributed by atoms with E-state index < -0.39 is 4.92 Å². The second-order valence-electron chi connectivity index (χ2n) is 4.53. The van der Waals surface area contributed by atoms with Crippen molar-refractivity contribution < 1.29 is 4.92 Å². The second-order valence-corrected chi connectivity index (χ2v) is 4.53. The molecular weight excluding hydrogens is 230 g/mol. The first-order chi connectivity index (χ1) is 8.65. The fourth-order valence-corrected chi connectivity index (χ4v) is 1.87. The SMILES string of the molecule is CCCCCCC(C)Nc1cccnc1[N+](=O)[O-]. The van der Waals surface area contributed by atoms with Crippen molar-refractivity contribution in [2.75, 3.05) is 5.32 Å². The predicted molar refractivity (Wildman–Crippen MR) is 72.7 cm³/mol. The Bertz CT molecular complexity index is 382. The highest BCUT2D eigenvalue weighted by Crippen LogP contribution is 2.21. The summed E-state index contributed by atoms with van der Waals surface area (Å²) in [6.07, 6.45) is 7.30. The molecular formula is C13H21N3O2. The van der Waals surface area contributed by atoms with Gasteiger partial charge in [-0.1, -0.05) is 32.6 Å². The lowest BCUT2D eigenvalue weighted by Gasteiger charge is -2.14. The van der Waals surface area contributed by atoms with Gasteiger partial charge in [-0.3, -0.25) is 0 Å². The Morgan fingerprint density at radius 2 is 2.22 bits per heavy atom. The molecule has 0 aromatic carbocycles. The summed E-state index contributed by atoms with van der Waals surface area (Å²) >= 11 is 0. The molecule has 0 spiro atoms. The van der Waals surface area contributed by atoms with Gasteiger partial charge in [-0.15, -0.1) is 0 Å². The van der Waals surface area contributed by atoms with Crippen molar-refractivity contribution in [3.05, 3.63) is 28.4 Å². The summed E-state index contributed by atoms with van der Waals surface area (Å²) in [6.45, 7) is 4.23. The summed E-state index contributed by atoms with van der Waals surface area (Å²) in [7, 11) is 0. The number of nitrogens with one attached hydrogen (secondary N) is 1. The number of aromatic nitrogens is 1. The highest BCUT2D eigenvalue weighted by Gasteiger charge is 2.15. The van der Waals surface area contributed by atoms with E-state index >= 15 is 0 Å². The molecule has 0 aliphatic heterocycles. The lowest BCUT2D eigenvalue weighted by Crippen LogP contribution is -2.16. The number of pyridine rings is 1. The molecule has 1 heterocycles.